The number of hydrogen-bond donors (Lipinski definition) is 1. The van der Waals surface area contributed by atoms with Gasteiger partial charge in [-0.3, -0.25) is 9.78 Å². The summed E-state index contributed by atoms with van der Waals surface area (Å²) in [5, 5.41) is 3.94. The van der Waals surface area contributed by atoms with Crippen LogP contribution in [0.25, 0.3) is 10.9 Å². The molecule has 1 amide bonds. The minimum absolute atomic E-state index is 0.0739. The highest BCUT2D eigenvalue weighted by atomic mass is 16.5. The van der Waals surface area contributed by atoms with Crippen molar-refractivity contribution in [1.82, 2.24) is 10.3 Å². The minimum Gasteiger partial charge on any atom is -0.376 e. The van der Waals surface area contributed by atoms with Crippen LogP contribution in [0.5, 0.6) is 0 Å². The van der Waals surface area contributed by atoms with E-state index in [1.165, 1.54) is 25.7 Å². The molecule has 0 aliphatic heterocycles. The highest BCUT2D eigenvalue weighted by Crippen LogP contribution is 2.19. The van der Waals surface area contributed by atoms with Gasteiger partial charge < -0.3 is 10.1 Å². The Balaban J connectivity index is 1.52. The predicted octanol–water partition coefficient (Wildman–Crippen LogP) is 4.01. The van der Waals surface area contributed by atoms with Crippen molar-refractivity contribution < 1.29 is 9.53 Å². The molecule has 1 aromatic heterocycles. The molecule has 3 rings (SSSR count). The van der Waals surface area contributed by atoms with Gasteiger partial charge in [-0.25, -0.2) is 0 Å². The van der Waals surface area contributed by atoms with Gasteiger partial charge >= 0.3 is 0 Å². The third-order valence-electron chi connectivity index (χ3n) is 4.70. The summed E-state index contributed by atoms with van der Waals surface area (Å²) in [6.07, 6.45) is 7.85. The normalized spacial score (nSPS) is 16.0. The lowest BCUT2D eigenvalue weighted by molar-refractivity contribution is 0.0441. The number of benzene rings is 1. The lowest BCUT2D eigenvalue weighted by Crippen LogP contribution is -2.29. The minimum atomic E-state index is -0.0739. The fraction of sp³-hybridized carbons (Fsp3) is 0.500. The van der Waals surface area contributed by atoms with E-state index in [0.717, 1.165) is 29.4 Å². The number of nitrogens with one attached hydrogen (secondary N) is 1. The van der Waals surface area contributed by atoms with Gasteiger partial charge in [-0.1, -0.05) is 43.9 Å². The average molecular weight is 326 g/mol. The number of aryl methyl sites for hydroxylation is 1. The molecule has 0 atom stereocenters. The first-order chi connectivity index (χ1) is 11.7. The van der Waals surface area contributed by atoms with Crippen LogP contribution in [-0.4, -0.2) is 30.1 Å². The second kappa shape index (κ2) is 8.25. The van der Waals surface area contributed by atoms with E-state index in [-0.39, 0.29) is 5.91 Å². The molecule has 1 aliphatic rings. The van der Waals surface area contributed by atoms with Crippen molar-refractivity contribution >= 4 is 16.8 Å². The molecule has 24 heavy (non-hydrogen) atoms. The Morgan fingerprint density at radius 3 is 2.75 bits per heavy atom. The first-order valence-electron chi connectivity index (χ1n) is 9.00. The number of para-hydroxylation sites is 1. The molecule has 0 unspecified atom stereocenters. The molecule has 1 saturated carbocycles. The van der Waals surface area contributed by atoms with Gasteiger partial charge in [0.05, 0.1) is 29.5 Å². The molecule has 1 aliphatic carbocycles. The number of rotatable bonds is 5. The van der Waals surface area contributed by atoms with E-state index in [4.69, 9.17) is 4.74 Å². The summed E-state index contributed by atoms with van der Waals surface area (Å²) >= 11 is 0. The van der Waals surface area contributed by atoms with Crippen LogP contribution in [0, 0.1) is 6.92 Å². The van der Waals surface area contributed by atoms with Gasteiger partial charge in [-0.2, -0.15) is 0 Å². The maximum absolute atomic E-state index is 12.4. The second-order valence-corrected chi connectivity index (χ2v) is 6.55. The summed E-state index contributed by atoms with van der Waals surface area (Å²) in [5.41, 5.74) is 2.32. The Bertz CT molecular complexity index is 691. The Labute approximate surface area is 143 Å². The van der Waals surface area contributed by atoms with Gasteiger partial charge in [-0.15, -0.1) is 0 Å². The van der Waals surface area contributed by atoms with Crippen molar-refractivity contribution in [3.63, 3.8) is 0 Å². The van der Waals surface area contributed by atoms with Crippen molar-refractivity contribution in [3.05, 3.63) is 41.6 Å². The number of nitrogens with zero attached hydrogens (tertiary/aromatic N) is 1. The molecule has 0 bridgehead atoms. The number of carbonyl (C=O) groups is 1. The van der Waals surface area contributed by atoms with E-state index in [2.05, 4.69) is 10.3 Å². The molecular weight excluding hydrogens is 300 g/mol. The molecule has 1 fully saturated rings. The van der Waals surface area contributed by atoms with Crippen molar-refractivity contribution in [1.29, 1.82) is 0 Å². The van der Waals surface area contributed by atoms with Gasteiger partial charge in [0.1, 0.15) is 0 Å². The number of fused-ring (bicyclic) bond motifs is 1. The maximum atomic E-state index is 12.4. The molecule has 0 spiro atoms. The van der Waals surface area contributed by atoms with Crippen molar-refractivity contribution in [2.75, 3.05) is 13.2 Å². The Kier molecular flexibility index (Phi) is 5.81. The van der Waals surface area contributed by atoms with Crippen LogP contribution in [0.15, 0.2) is 30.3 Å². The molecular formula is C20H26N2O2. The van der Waals surface area contributed by atoms with E-state index in [9.17, 15) is 4.79 Å². The molecule has 4 heteroatoms. The molecule has 1 aromatic carbocycles. The largest absolute Gasteiger partial charge is 0.376 e. The average Bonchev–Trinajstić information content (AvgIpc) is 2.86. The van der Waals surface area contributed by atoms with Crippen LogP contribution in [0.3, 0.4) is 0 Å². The zero-order valence-electron chi connectivity index (χ0n) is 14.4. The molecule has 128 valence electrons. The fourth-order valence-electron chi connectivity index (χ4n) is 3.34. The van der Waals surface area contributed by atoms with Crippen molar-refractivity contribution in [3.8, 4) is 0 Å². The smallest absolute Gasteiger partial charge is 0.253 e. The van der Waals surface area contributed by atoms with Gasteiger partial charge in [0.15, 0.2) is 0 Å². The Hall–Kier alpha value is -1.94. The van der Waals surface area contributed by atoms with Crippen LogP contribution in [-0.2, 0) is 4.74 Å². The molecule has 4 nitrogen and oxygen atoms in total. The Morgan fingerprint density at radius 1 is 1.21 bits per heavy atom. The topological polar surface area (TPSA) is 51.2 Å². The second-order valence-electron chi connectivity index (χ2n) is 6.55. The molecule has 1 N–H and O–H groups in total. The van der Waals surface area contributed by atoms with Gasteiger partial charge in [-0.05, 0) is 31.9 Å². The number of amides is 1. The lowest BCUT2D eigenvalue weighted by Gasteiger charge is -2.15. The summed E-state index contributed by atoms with van der Waals surface area (Å²) in [4.78, 5) is 16.9. The van der Waals surface area contributed by atoms with Crippen molar-refractivity contribution in [2.24, 2.45) is 0 Å². The van der Waals surface area contributed by atoms with E-state index in [1.807, 2.05) is 37.3 Å². The van der Waals surface area contributed by atoms with Crippen molar-refractivity contribution in [2.45, 2.75) is 51.6 Å². The summed E-state index contributed by atoms with van der Waals surface area (Å²) in [6, 6.07) is 9.78. The summed E-state index contributed by atoms with van der Waals surface area (Å²) < 4.78 is 5.92. The maximum Gasteiger partial charge on any atom is 0.253 e. The van der Waals surface area contributed by atoms with Crippen LogP contribution < -0.4 is 5.32 Å². The van der Waals surface area contributed by atoms with Crippen LogP contribution in [0.1, 0.15) is 54.6 Å². The predicted molar refractivity (Wildman–Crippen MR) is 96.3 cm³/mol. The van der Waals surface area contributed by atoms with E-state index in [1.54, 1.807) is 0 Å². The lowest BCUT2D eigenvalue weighted by atomic mass is 10.1. The zero-order valence-corrected chi connectivity index (χ0v) is 14.4. The number of ether oxygens (including phenoxy) is 1. The number of pyridine rings is 1. The van der Waals surface area contributed by atoms with Gasteiger partial charge in [0.2, 0.25) is 0 Å². The van der Waals surface area contributed by atoms with E-state index >= 15 is 0 Å². The molecule has 0 saturated heterocycles. The number of carbonyl (C=O) groups excluding carboxylic acids is 1. The summed E-state index contributed by atoms with van der Waals surface area (Å²) in [7, 11) is 0. The fourth-order valence-corrected chi connectivity index (χ4v) is 3.34. The van der Waals surface area contributed by atoms with E-state index < -0.39 is 0 Å². The van der Waals surface area contributed by atoms with Gasteiger partial charge in [0.25, 0.3) is 5.91 Å². The zero-order chi connectivity index (χ0) is 16.8. The first kappa shape index (κ1) is 16.9. The first-order valence-corrected chi connectivity index (χ1v) is 9.00. The number of aromatic nitrogens is 1. The number of hydrogen-bond acceptors (Lipinski definition) is 3. The summed E-state index contributed by atoms with van der Waals surface area (Å²) in [5.74, 6) is -0.0739. The quantitative estimate of drug-likeness (QED) is 0.667. The van der Waals surface area contributed by atoms with Crippen LogP contribution in [0.2, 0.25) is 0 Å². The van der Waals surface area contributed by atoms with E-state index in [0.29, 0.717) is 24.8 Å². The Morgan fingerprint density at radius 2 is 1.96 bits per heavy atom. The molecule has 2 aromatic rings. The van der Waals surface area contributed by atoms with Crippen LogP contribution in [0.4, 0.5) is 0 Å². The molecule has 0 radical (unpaired) electrons. The molecule has 1 heterocycles. The third-order valence-corrected chi connectivity index (χ3v) is 4.70. The standard InChI is InChI=1S/C20H26N2O2/c1-15-18(14-16-8-6-7-11-19(16)22-15)20(23)21-12-13-24-17-9-4-2-3-5-10-17/h6-8,11,14,17H,2-5,9-10,12-13H2,1H3,(H,21,23). The van der Waals surface area contributed by atoms with Gasteiger partial charge in [0, 0.05) is 11.9 Å². The van der Waals surface area contributed by atoms with Crippen LogP contribution >= 0.6 is 0 Å². The SMILES string of the molecule is Cc1nc2ccccc2cc1C(=O)NCCOC1CCCCCC1. The monoisotopic (exact) mass is 326 g/mol. The third kappa shape index (κ3) is 4.32. The highest BCUT2D eigenvalue weighted by Gasteiger charge is 2.14. The highest BCUT2D eigenvalue weighted by molar-refractivity contribution is 5.98. The summed E-state index contributed by atoms with van der Waals surface area (Å²) in [6.45, 7) is 3.00.